The third-order valence-electron chi connectivity index (χ3n) is 2.38. The molecule has 1 heterocycles. The molecule has 0 saturated heterocycles. The van der Waals surface area contributed by atoms with Gasteiger partial charge >= 0.3 is 5.97 Å². The van der Waals surface area contributed by atoms with Crippen molar-refractivity contribution in [3.8, 4) is 11.8 Å². The van der Waals surface area contributed by atoms with E-state index in [9.17, 15) is 4.79 Å². The predicted molar refractivity (Wildman–Crippen MR) is 64.3 cm³/mol. The molecule has 1 aromatic heterocycles. The highest BCUT2D eigenvalue weighted by Crippen LogP contribution is 2.09. The van der Waals surface area contributed by atoms with Gasteiger partial charge in [-0.3, -0.25) is 0 Å². The highest BCUT2D eigenvalue weighted by atomic mass is 16.5. The molecule has 1 aromatic carbocycles. The molecular formula is C12H11N5O2. The molecule has 0 aliphatic heterocycles. The average molecular weight is 257 g/mol. The van der Waals surface area contributed by atoms with Gasteiger partial charge in [-0.1, -0.05) is 0 Å². The molecule has 0 amide bonds. The molecular weight excluding hydrogens is 246 g/mol. The Morgan fingerprint density at radius 3 is 2.79 bits per heavy atom. The summed E-state index contributed by atoms with van der Waals surface area (Å²) in [6.45, 7) is 0.251. The maximum Gasteiger partial charge on any atom is 0.338 e. The van der Waals surface area contributed by atoms with Crippen LogP contribution in [0.3, 0.4) is 0 Å². The number of esters is 1. The van der Waals surface area contributed by atoms with E-state index in [0.717, 1.165) is 5.69 Å². The topological polar surface area (TPSA) is 93.7 Å². The molecule has 0 N–H and O–H groups in total. The Morgan fingerprint density at radius 2 is 2.16 bits per heavy atom. The van der Waals surface area contributed by atoms with Gasteiger partial charge in [0.05, 0.1) is 23.9 Å². The quantitative estimate of drug-likeness (QED) is 0.588. The summed E-state index contributed by atoms with van der Waals surface area (Å²) >= 11 is 0. The van der Waals surface area contributed by atoms with Crippen molar-refractivity contribution in [3.63, 3.8) is 0 Å². The fraction of sp³-hybridized carbons (Fsp3) is 0.250. The Kier molecular flexibility index (Phi) is 4.18. The number of carbonyl (C=O) groups excluding carboxylic acids is 1. The van der Waals surface area contributed by atoms with Crippen molar-refractivity contribution in [2.75, 3.05) is 6.61 Å². The van der Waals surface area contributed by atoms with E-state index in [1.807, 2.05) is 6.07 Å². The van der Waals surface area contributed by atoms with E-state index in [1.54, 1.807) is 24.3 Å². The summed E-state index contributed by atoms with van der Waals surface area (Å²) in [5.74, 6) is -0.402. The Morgan fingerprint density at radius 1 is 1.37 bits per heavy atom. The van der Waals surface area contributed by atoms with Crippen molar-refractivity contribution < 1.29 is 9.53 Å². The maximum atomic E-state index is 11.7. The Bertz CT molecular complexity index is 571. The van der Waals surface area contributed by atoms with E-state index in [1.165, 1.54) is 11.0 Å². The minimum absolute atomic E-state index is 0.251. The van der Waals surface area contributed by atoms with Gasteiger partial charge in [0.1, 0.15) is 6.33 Å². The van der Waals surface area contributed by atoms with Gasteiger partial charge in [-0.2, -0.15) is 5.26 Å². The van der Waals surface area contributed by atoms with Gasteiger partial charge in [-0.25, -0.2) is 9.48 Å². The molecule has 2 aromatic rings. The number of unbranched alkanes of at least 4 members (excludes halogenated alkanes) is 1. The molecule has 96 valence electrons. The summed E-state index contributed by atoms with van der Waals surface area (Å²) in [5.41, 5.74) is 1.21. The van der Waals surface area contributed by atoms with Gasteiger partial charge in [0.25, 0.3) is 0 Å². The number of ether oxygens (including phenoxy) is 1. The van der Waals surface area contributed by atoms with Crippen LogP contribution in [0.5, 0.6) is 0 Å². The minimum atomic E-state index is -0.402. The van der Waals surface area contributed by atoms with Crippen LogP contribution in [-0.2, 0) is 4.74 Å². The van der Waals surface area contributed by atoms with E-state index in [2.05, 4.69) is 15.5 Å². The second-order valence-electron chi connectivity index (χ2n) is 3.70. The van der Waals surface area contributed by atoms with Crippen LogP contribution in [0, 0.1) is 11.3 Å². The van der Waals surface area contributed by atoms with Crippen LogP contribution in [-0.4, -0.2) is 32.8 Å². The van der Waals surface area contributed by atoms with Crippen LogP contribution >= 0.6 is 0 Å². The molecule has 0 atom stereocenters. The fourth-order valence-electron chi connectivity index (χ4n) is 1.43. The SMILES string of the molecule is N#CCCCOC(=O)c1ccc(-n2cnnn2)cc1. The standard InChI is InChI=1S/C12H11N5O2/c13-7-1-2-8-19-12(18)10-3-5-11(6-4-10)17-9-14-15-16-17/h3-6,9H,1-2,8H2. The van der Waals surface area contributed by atoms with Crippen molar-refractivity contribution in [1.29, 1.82) is 5.26 Å². The number of nitriles is 1. The average Bonchev–Trinajstić information content (AvgIpc) is 2.98. The van der Waals surface area contributed by atoms with Crippen LogP contribution in [0.2, 0.25) is 0 Å². The van der Waals surface area contributed by atoms with Gasteiger partial charge in [0.2, 0.25) is 0 Å². The Hall–Kier alpha value is -2.75. The zero-order valence-corrected chi connectivity index (χ0v) is 10.1. The van der Waals surface area contributed by atoms with Gasteiger partial charge in [0, 0.05) is 6.42 Å². The lowest BCUT2D eigenvalue weighted by atomic mass is 10.2. The molecule has 0 saturated carbocycles. The summed E-state index contributed by atoms with van der Waals surface area (Å²) < 4.78 is 6.51. The largest absolute Gasteiger partial charge is 0.462 e. The summed E-state index contributed by atoms with van der Waals surface area (Å²) in [4.78, 5) is 11.7. The van der Waals surface area contributed by atoms with Gasteiger partial charge in [-0.15, -0.1) is 5.10 Å². The molecule has 0 radical (unpaired) electrons. The zero-order valence-electron chi connectivity index (χ0n) is 10.1. The van der Waals surface area contributed by atoms with Crippen molar-refractivity contribution in [3.05, 3.63) is 36.2 Å². The monoisotopic (exact) mass is 257 g/mol. The van der Waals surface area contributed by atoms with Crippen LogP contribution < -0.4 is 0 Å². The lowest BCUT2D eigenvalue weighted by Gasteiger charge is -2.04. The Balaban J connectivity index is 1.95. The first-order valence-electron chi connectivity index (χ1n) is 5.69. The van der Waals surface area contributed by atoms with Crippen LogP contribution in [0.15, 0.2) is 30.6 Å². The molecule has 7 heteroatoms. The van der Waals surface area contributed by atoms with Crippen molar-refractivity contribution in [2.24, 2.45) is 0 Å². The molecule has 0 fully saturated rings. The summed E-state index contributed by atoms with van der Waals surface area (Å²) in [7, 11) is 0. The number of nitrogens with zero attached hydrogens (tertiary/aromatic N) is 5. The first-order chi connectivity index (χ1) is 9.31. The molecule has 0 bridgehead atoms. The van der Waals surface area contributed by atoms with Gasteiger partial charge < -0.3 is 4.74 Å². The highest BCUT2D eigenvalue weighted by Gasteiger charge is 2.07. The fourth-order valence-corrected chi connectivity index (χ4v) is 1.43. The maximum absolute atomic E-state index is 11.7. The molecule has 2 rings (SSSR count). The second kappa shape index (κ2) is 6.26. The summed E-state index contributed by atoms with van der Waals surface area (Å²) in [6.07, 6.45) is 2.39. The number of aromatic nitrogens is 4. The Labute approximate surface area is 109 Å². The lowest BCUT2D eigenvalue weighted by Crippen LogP contribution is -2.06. The highest BCUT2D eigenvalue weighted by molar-refractivity contribution is 5.89. The third kappa shape index (κ3) is 3.35. The number of hydrogen-bond donors (Lipinski definition) is 0. The lowest BCUT2D eigenvalue weighted by molar-refractivity contribution is 0.0501. The molecule has 0 aliphatic rings. The van der Waals surface area contributed by atoms with Gasteiger partial charge in [-0.05, 0) is 41.1 Å². The van der Waals surface area contributed by atoms with Crippen LogP contribution in [0.4, 0.5) is 0 Å². The summed E-state index contributed by atoms with van der Waals surface area (Å²) in [6, 6.07) is 8.73. The first-order valence-corrected chi connectivity index (χ1v) is 5.69. The molecule has 19 heavy (non-hydrogen) atoms. The normalized spacial score (nSPS) is 9.84. The molecule has 0 spiro atoms. The predicted octanol–water partition coefficient (Wildman–Crippen LogP) is 1.12. The van der Waals surface area contributed by atoms with Crippen molar-refractivity contribution >= 4 is 5.97 Å². The van der Waals surface area contributed by atoms with Gasteiger partial charge in [0.15, 0.2) is 0 Å². The van der Waals surface area contributed by atoms with E-state index < -0.39 is 5.97 Å². The molecule has 0 unspecified atom stereocenters. The van der Waals surface area contributed by atoms with E-state index in [0.29, 0.717) is 18.4 Å². The number of carbonyl (C=O) groups is 1. The third-order valence-corrected chi connectivity index (χ3v) is 2.38. The van der Waals surface area contributed by atoms with E-state index >= 15 is 0 Å². The summed E-state index contributed by atoms with van der Waals surface area (Å²) in [5, 5.41) is 19.2. The van der Waals surface area contributed by atoms with Crippen LogP contribution in [0.1, 0.15) is 23.2 Å². The number of tetrazole rings is 1. The van der Waals surface area contributed by atoms with E-state index in [4.69, 9.17) is 10.00 Å². The van der Waals surface area contributed by atoms with Crippen LogP contribution in [0.25, 0.3) is 5.69 Å². The number of hydrogen-bond acceptors (Lipinski definition) is 6. The molecule has 0 aliphatic carbocycles. The van der Waals surface area contributed by atoms with Crippen molar-refractivity contribution in [1.82, 2.24) is 20.2 Å². The first kappa shape index (κ1) is 12.7. The number of rotatable bonds is 5. The zero-order chi connectivity index (χ0) is 13.5. The smallest absolute Gasteiger partial charge is 0.338 e. The molecule has 7 nitrogen and oxygen atoms in total. The van der Waals surface area contributed by atoms with Crippen molar-refractivity contribution in [2.45, 2.75) is 12.8 Å². The minimum Gasteiger partial charge on any atom is -0.462 e. The number of benzene rings is 1. The second-order valence-corrected chi connectivity index (χ2v) is 3.70. The van der Waals surface area contributed by atoms with E-state index in [-0.39, 0.29) is 6.61 Å².